The molecule has 2 atom stereocenters. The van der Waals surface area contributed by atoms with E-state index < -0.39 is 0 Å². The van der Waals surface area contributed by atoms with E-state index >= 15 is 0 Å². The molecule has 23 heavy (non-hydrogen) atoms. The van der Waals surface area contributed by atoms with Gasteiger partial charge in [-0.2, -0.15) is 0 Å². The monoisotopic (exact) mass is 342 g/mol. The number of ether oxygens (including phenoxy) is 1. The zero-order valence-corrected chi connectivity index (χ0v) is 14.9. The Balaban J connectivity index is 1.65. The van der Waals surface area contributed by atoms with Crippen LogP contribution in [-0.2, 0) is 4.74 Å². The maximum Gasteiger partial charge on any atom is 0.114 e. The summed E-state index contributed by atoms with van der Waals surface area (Å²) in [6.45, 7) is 0. The number of rotatable bonds is 6. The van der Waals surface area contributed by atoms with E-state index in [9.17, 15) is 0 Å². The molecule has 0 aromatic carbocycles. The molecule has 0 radical (unpaired) electrons. The number of thiophene rings is 2. The second kappa shape index (κ2) is 7.16. The topological polar surface area (TPSA) is 9.23 Å². The van der Waals surface area contributed by atoms with Crippen LogP contribution in [-0.4, -0.2) is 0 Å². The molecule has 0 N–H and O–H groups in total. The van der Waals surface area contributed by atoms with Gasteiger partial charge in [-0.1, -0.05) is 24.3 Å². The number of hydrogen-bond acceptors (Lipinski definition) is 3. The van der Waals surface area contributed by atoms with Gasteiger partial charge in [-0.15, -0.1) is 22.7 Å². The molecule has 2 unspecified atom stereocenters. The predicted molar refractivity (Wildman–Crippen MR) is 99.1 cm³/mol. The fraction of sp³-hybridized carbons (Fsp3) is 0.400. The molecule has 2 aromatic heterocycles. The van der Waals surface area contributed by atoms with Gasteiger partial charge in [0.15, 0.2) is 0 Å². The van der Waals surface area contributed by atoms with Crippen LogP contribution in [0.1, 0.15) is 60.5 Å². The molecule has 1 nitrogen and oxygen atoms in total. The maximum absolute atomic E-state index is 6.79. The van der Waals surface area contributed by atoms with E-state index in [1.165, 1.54) is 59.4 Å². The summed E-state index contributed by atoms with van der Waals surface area (Å²) in [5, 5.41) is 4.33. The molecule has 0 amide bonds. The average molecular weight is 343 g/mol. The van der Waals surface area contributed by atoms with Gasteiger partial charge in [0, 0.05) is 9.75 Å². The van der Waals surface area contributed by atoms with Gasteiger partial charge in [0.25, 0.3) is 0 Å². The third-order valence-electron chi connectivity index (χ3n) is 4.70. The lowest BCUT2D eigenvalue weighted by Gasteiger charge is -2.26. The Morgan fingerprint density at radius 2 is 1.30 bits per heavy atom. The summed E-state index contributed by atoms with van der Waals surface area (Å²) in [4.78, 5) is 2.69. The van der Waals surface area contributed by atoms with E-state index in [0.29, 0.717) is 0 Å². The van der Waals surface area contributed by atoms with Gasteiger partial charge < -0.3 is 4.74 Å². The highest BCUT2D eigenvalue weighted by molar-refractivity contribution is 7.10. The van der Waals surface area contributed by atoms with E-state index in [1.54, 1.807) is 0 Å². The van der Waals surface area contributed by atoms with Gasteiger partial charge in [-0.05, 0) is 72.6 Å². The molecule has 0 bridgehead atoms. The quantitative estimate of drug-likeness (QED) is 0.523. The Morgan fingerprint density at radius 3 is 1.65 bits per heavy atom. The molecule has 0 saturated carbocycles. The number of hydrogen-bond donors (Lipinski definition) is 0. The molecule has 2 aromatic rings. The van der Waals surface area contributed by atoms with Crippen LogP contribution in [0.4, 0.5) is 0 Å². The zero-order chi connectivity index (χ0) is 15.5. The van der Waals surface area contributed by atoms with Crippen LogP contribution >= 0.6 is 22.7 Å². The third-order valence-corrected chi connectivity index (χ3v) is 6.53. The van der Waals surface area contributed by atoms with Gasteiger partial charge >= 0.3 is 0 Å². The van der Waals surface area contributed by atoms with Gasteiger partial charge in [-0.3, -0.25) is 0 Å². The highest BCUT2D eigenvalue weighted by atomic mass is 32.1. The molecular weight excluding hydrogens is 320 g/mol. The molecule has 0 aliphatic heterocycles. The molecular formula is C20H22OS2. The Morgan fingerprint density at radius 1 is 0.783 bits per heavy atom. The van der Waals surface area contributed by atoms with E-state index in [4.69, 9.17) is 4.74 Å². The summed E-state index contributed by atoms with van der Waals surface area (Å²) in [5.74, 6) is 0. The Kier molecular flexibility index (Phi) is 4.79. The van der Waals surface area contributed by atoms with Crippen molar-refractivity contribution < 1.29 is 4.74 Å². The van der Waals surface area contributed by atoms with Crippen molar-refractivity contribution in [1.29, 1.82) is 0 Å². The van der Waals surface area contributed by atoms with Crippen molar-refractivity contribution in [2.75, 3.05) is 0 Å². The fourth-order valence-corrected chi connectivity index (χ4v) is 5.16. The van der Waals surface area contributed by atoms with Crippen molar-refractivity contribution in [1.82, 2.24) is 0 Å². The standard InChI is InChI=1S/C20H22OS2/c1-2-8-15(7-1)19(17-11-5-13-22-17)21-20(16-9-3-4-10-16)18-12-6-14-23-18/h5-7,9,11-14,19-20H,1-4,8,10H2. The second-order valence-electron chi connectivity index (χ2n) is 6.27. The van der Waals surface area contributed by atoms with E-state index in [1.807, 2.05) is 22.7 Å². The van der Waals surface area contributed by atoms with Gasteiger partial charge in [0.05, 0.1) is 0 Å². The Bertz CT molecular complexity index is 619. The first-order chi connectivity index (χ1) is 11.4. The number of allylic oxidation sites excluding steroid dienone is 2. The minimum atomic E-state index is 0.131. The normalized spacial score (nSPS) is 20.3. The highest BCUT2D eigenvalue weighted by Gasteiger charge is 2.28. The summed E-state index contributed by atoms with van der Waals surface area (Å²) >= 11 is 3.64. The largest absolute Gasteiger partial charge is 0.355 e. The summed E-state index contributed by atoms with van der Waals surface area (Å²) in [6, 6.07) is 8.73. The minimum absolute atomic E-state index is 0.131. The van der Waals surface area contributed by atoms with Crippen molar-refractivity contribution in [3.63, 3.8) is 0 Å². The zero-order valence-electron chi connectivity index (χ0n) is 13.2. The average Bonchev–Trinajstić information content (AvgIpc) is 3.35. The Labute approximate surface area is 146 Å². The molecule has 2 aliphatic carbocycles. The van der Waals surface area contributed by atoms with Crippen molar-refractivity contribution in [3.8, 4) is 0 Å². The Hall–Kier alpha value is -1.16. The van der Waals surface area contributed by atoms with Crippen LogP contribution in [0.5, 0.6) is 0 Å². The maximum atomic E-state index is 6.79. The molecule has 3 heteroatoms. The van der Waals surface area contributed by atoms with E-state index in [2.05, 4.69) is 47.2 Å². The van der Waals surface area contributed by atoms with Crippen molar-refractivity contribution in [2.45, 2.75) is 50.7 Å². The van der Waals surface area contributed by atoms with Crippen LogP contribution in [0.15, 0.2) is 58.3 Å². The van der Waals surface area contributed by atoms with Gasteiger partial charge in [-0.25, -0.2) is 0 Å². The second-order valence-corrected chi connectivity index (χ2v) is 8.23. The molecule has 0 spiro atoms. The smallest absolute Gasteiger partial charge is 0.114 e. The summed E-state index contributed by atoms with van der Waals surface area (Å²) < 4.78 is 6.79. The van der Waals surface area contributed by atoms with Crippen molar-refractivity contribution in [3.05, 3.63) is 68.1 Å². The molecule has 0 saturated heterocycles. The first kappa shape index (κ1) is 15.4. The van der Waals surface area contributed by atoms with Crippen molar-refractivity contribution >= 4 is 22.7 Å². The molecule has 120 valence electrons. The van der Waals surface area contributed by atoms with Crippen LogP contribution in [0, 0.1) is 0 Å². The molecule has 0 fully saturated rings. The third kappa shape index (κ3) is 3.37. The van der Waals surface area contributed by atoms with Crippen LogP contribution in [0.25, 0.3) is 0 Å². The van der Waals surface area contributed by atoms with Crippen LogP contribution in [0.2, 0.25) is 0 Å². The lowest BCUT2D eigenvalue weighted by Crippen LogP contribution is -2.12. The van der Waals surface area contributed by atoms with Gasteiger partial charge in [0.2, 0.25) is 0 Å². The van der Waals surface area contributed by atoms with Crippen molar-refractivity contribution in [2.24, 2.45) is 0 Å². The van der Waals surface area contributed by atoms with Crippen LogP contribution < -0.4 is 0 Å². The lowest BCUT2D eigenvalue weighted by molar-refractivity contribution is 0.0276. The van der Waals surface area contributed by atoms with Crippen LogP contribution in [0.3, 0.4) is 0 Å². The van der Waals surface area contributed by atoms with Gasteiger partial charge in [0.1, 0.15) is 12.2 Å². The SMILES string of the molecule is C1=C(C(OC(C2=CCCC2)c2cccs2)c2cccs2)CCC1. The fourth-order valence-electron chi connectivity index (χ4n) is 3.56. The van der Waals surface area contributed by atoms with E-state index in [-0.39, 0.29) is 12.2 Å². The molecule has 2 heterocycles. The minimum Gasteiger partial charge on any atom is -0.355 e. The highest BCUT2D eigenvalue weighted by Crippen LogP contribution is 2.44. The van der Waals surface area contributed by atoms with E-state index in [0.717, 1.165) is 0 Å². The molecule has 2 aliphatic rings. The summed E-state index contributed by atoms with van der Waals surface area (Å²) in [6.07, 6.45) is 12.4. The predicted octanol–water partition coefficient (Wildman–Crippen LogP) is 6.83. The summed E-state index contributed by atoms with van der Waals surface area (Å²) in [5.41, 5.74) is 2.96. The first-order valence-electron chi connectivity index (χ1n) is 8.52. The first-order valence-corrected chi connectivity index (χ1v) is 10.3. The lowest BCUT2D eigenvalue weighted by atomic mass is 10.0. The summed E-state index contributed by atoms with van der Waals surface area (Å²) in [7, 11) is 0. The molecule has 4 rings (SSSR count).